The molecular formula is C19H26N2. The van der Waals surface area contributed by atoms with Gasteiger partial charge in [-0.05, 0) is 49.4 Å². The average Bonchev–Trinajstić information content (AvgIpc) is 2.44. The number of nitrogens with one attached hydrogen (secondary N) is 1. The summed E-state index contributed by atoms with van der Waals surface area (Å²) in [5.74, 6) is 0.503. The van der Waals surface area contributed by atoms with Crippen molar-refractivity contribution in [3.05, 3.63) is 64.5 Å². The minimum absolute atomic E-state index is 0.283. The lowest BCUT2D eigenvalue weighted by molar-refractivity contribution is 0.400. The fourth-order valence-electron chi connectivity index (χ4n) is 2.68. The molecule has 1 heterocycles. The number of hydrogen-bond donors (Lipinski definition) is 1. The van der Waals surface area contributed by atoms with Crippen LogP contribution in [0.25, 0.3) is 0 Å². The van der Waals surface area contributed by atoms with Crippen LogP contribution in [0.1, 0.15) is 47.8 Å². The lowest BCUT2D eigenvalue weighted by Crippen LogP contribution is -2.27. The molecule has 1 atom stereocenters. The minimum atomic E-state index is 0.283. The molecule has 1 aromatic heterocycles. The Kier molecular flexibility index (Phi) is 5.13. The summed E-state index contributed by atoms with van der Waals surface area (Å²) in [4.78, 5) is 4.59. The summed E-state index contributed by atoms with van der Waals surface area (Å²) in [7, 11) is 0. The third-order valence-electron chi connectivity index (χ3n) is 4.03. The maximum Gasteiger partial charge on any atom is 0.0604 e. The zero-order valence-corrected chi connectivity index (χ0v) is 13.8. The predicted molar refractivity (Wildman–Crippen MR) is 89.3 cm³/mol. The number of hydrogen-bond acceptors (Lipinski definition) is 2. The molecule has 0 bridgehead atoms. The molecule has 0 spiro atoms. The van der Waals surface area contributed by atoms with E-state index < -0.39 is 0 Å². The van der Waals surface area contributed by atoms with Gasteiger partial charge in [-0.1, -0.05) is 43.7 Å². The van der Waals surface area contributed by atoms with Crippen LogP contribution in [-0.4, -0.2) is 4.98 Å². The highest BCUT2D eigenvalue weighted by molar-refractivity contribution is 5.30. The molecule has 0 amide bonds. The zero-order chi connectivity index (χ0) is 15.4. The maximum atomic E-state index is 4.59. The molecule has 0 aliphatic rings. The standard InChI is InChI=1S/C19H26N2/c1-13(2)18(19-16(5)7-6-10-20-19)21-12-17-11-14(3)8-9-15(17)4/h6-11,13,18,21H,12H2,1-5H3. The Balaban J connectivity index is 2.18. The van der Waals surface area contributed by atoms with Gasteiger partial charge in [-0.25, -0.2) is 0 Å². The molecule has 21 heavy (non-hydrogen) atoms. The quantitative estimate of drug-likeness (QED) is 0.873. The molecule has 1 unspecified atom stereocenters. The van der Waals surface area contributed by atoms with Crippen LogP contribution >= 0.6 is 0 Å². The Labute approximate surface area is 128 Å². The third kappa shape index (κ3) is 3.92. The van der Waals surface area contributed by atoms with Crippen LogP contribution in [0.2, 0.25) is 0 Å². The highest BCUT2D eigenvalue weighted by atomic mass is 14.9. The van der Waals surface area contributed by atoms with E-state index in [9.17, 15) is 0 Å². The highest BCUT2D eigenvalue weighted by Crippen LogP contribution is 2.23. The van der Waals surface area contributed by atoms with E-state index in [2.05, 4.69) is 69.2 Å². The predicted octanol–water partition coefficient (Wildman–Crippen LogP) is 4.49. The van der Waals surface area contributed by atoms with Gasteiger partial charge in [-0.15, -0.1) is 0 Å². The van der Waals surface area contributed by atoms with E-state index in [1.807, 2.05) is 12.3 Å². The highest BCUT2D eigenvalue weighted by Gasteiger charge is 2.18. The van der Waals surface area contributed by atoms with Gasteiger partial charge >= 0.3 is 0 Å². The van der Waals surface area contributed by atoms with Gasteiger partial charge in [0, 0.05) is 12.7 Å². The van der Waals surface area contributed by atoms with Crippen LogP contribution in [-0.2, 0) is 6.54 Å². The molecule has 0 fully saturated rings. The van der Waals surface area contributed by atoms with Crippen molar-refractivity contribution in [3.8, 4) is 0 Å². The van der Waals surface area contributed by atoms with Crippen molar-refractivity contribution >= 4 is 0 Å². The van der Waals surface area contributed by atoms with Gasteiger partial charge in [-0.2, -0.15) is 0 Å². The Morgan fingerprint density at radius 3 is 2.48 bits per heavy atom. The molecular weight excluding hydrogens is 256 g/mol. The molecule has 1 aromatic carbocycles. The number of pyridine rings is 1. The lowest BCUT2D eigenvalue weighted by Gasteiger charge is -2.24. The van der Waals surface area contributed by atoms with E-state index in [-0.39, 0.29) is 6.04 Å². The molecule has 2 rings (SSSR count). The normalized spacial score (nSPS) is 12.7. The van der Waals surface area contributed by atoms with Crippen molar-refractivity contribution < 1.29 is 0 Å². The van der Waals surface area contributed by atoms with Crippen molar-refractivity contribution in [1.29, 1.82) is 0 Å². The second kappa shape index (κ2) is 6.86. The molecule has 2 nitrogen and oxygen atoms in total. The van der Waals surface area contributed by atoms with E-state index in [0.717, 1.165) is 12.2 Å². The van der Waals surface area contributed by atoms with Gasteiger partial charge in [0.15, 0.2) is 0 Å². The molecule has 2 heteroatoms. The molecule has 0 saturated heterocycles. The summed E-state index contributed by atoms with van der Waals surface area (Å²) >= 11 is 0. The van der Waals surface area contributed by atoms with E-state index in [1.165, 1.54) is 22.3 Å². The summed E-state index contributed by atoms with van der Waals surface area (Å²) < 4.78 is 0. The molecule has 0 radical (unpaired) electrons. The second-order valence-corrected chi connectivity index (χ2v) is 6.24. The van der Waals surface area contributed by atoms with Crippen LogP contribution in [0.3, 0.4) is 0 Å². The van der Waals surface area contributed by atoms with Gasteiger partial charge in [0.25, 0.3) is 0 Å². The molecule has 1 N–H and O–H groups in total. The first kappa shape index (κ1) is 15.7. The molecule has 0 aliphatic heterocycles. The van der Waals surface area contributed by atoms with Crippen molar-refractivity contribution in [2.24, 2.45) is 5.92 Å². The number of benzene rings is 1. The SMILES string of the molecule is Cc1ccc(C)c(CNC(c2ncccc2C)C(C)C)c1. The monoisotopic (exact) mass is 282 g/mol. The van der Waals surface area contributed by atoms with Crippen LogP contribution in [0.15, 0.2) is 36.5 Å². The topological polar surface area (TPSA) is 24.9 Å². The van der Waals surface area contributed by atoms with E-state index in [1.54, 1.807) is 0 Å². The summed E-state index contributed by atoms with van der Waals surface area (Å²) in [6.07, 6.45) is 1.89. The van der Waals surface area contributed by atoms with Crippen LogP contribution in [0, 0.1) is 26.7 Å². The first-order valence-electron chi connectivity index (χ1n) is 7.70. The lowest BCUT2D eigenvalue weighted by atomic mass is 9.96. The van der Waals surface area contributed by atoms with Gasteiger partial charge in [-0.3, -0.25) is 4.98 Å². The number of aromatic nitrogens is 1. The fourth-order valence-corrected chi connectivity index (χ4v) is 2.68. The van der Waals surface area contributed by atoms with Crippen molar-refractivity contribution in [1.82, 2.24) is 10.3 Å². The van der Waals surface area contributed by atoms with Gasteiger partial charge in [0.05, 0.1) is 11.7 Å². The number of nitrogens with zero attached hydrogens (tertiary/aromatic N) is 1. The minimum Gasteiger partial charge on any atom is -0.304 e. The van der Waals surface area contributed by atoms with Crippen LogP contribution < -0.4 is 5.32 Å². The van der Waals surface area contributed by atoms with Gasteiger partial charge < -0.3 is 5.32 Å². The van der Waals surface area contributed by atoms with Crippen molar-refractivity contribution in [2.45, 2.75) is 47.2 Å². The third-order valence-corrected chi connectivity index (χ3v) is 4.03. The van der Waals surface area contributed by atoms with Gasteiger partial charge in [0.1, 0.15) is 0 Å². The second-order valence-electron chi connectivity index (χ2n) is 6.24. The van der Waals surface area contributed by atoms with Crippen molar-refractivity contribution in [2.75, 3.05) is 0 Å². The average molecular weight is 282 g/mol. The Hall–Kier alpha value is -1.67. The largest absolute Gasteiger partial charge is 0.304 e. The molecule has 0 aliphatic carbocycles. The van der Waals surface area contributed by atoms with E-state index in [4.69, 9.17) is 0 Å². The molecule has 2 aromatic rings. The maximum absolute atomic E-state index is 4.59. The summed E-state index contributed by atoms with van der Waals surface area (Å²) in [5, 5.41) is 3.70. The molecule has 0 saturated carbocycles. The van der Waals surface area contributed by atoms with E-state index in [0.29, 0.717) is 5.92 Å². The summed E-state index contributed by atoms with van der Waals surface area (Å²) in [6, 6.07) is 11.1. The Bertz CT molecular complexity index is 602. The van der Waals surface area contributed by atoms with Crippen molar-refractivity contribution in [3.63, 3.8) is 0 Å². The van der Waals surface area contributed by atoms with Crippen LogP contribution in [0.4, 0.5) is 0 Å². The van der Waals surface area contributed by atoms with Crippen LogP contribution in [0.5, 0.6) is 0 Å². The summed E-state index contributed by atoms with van der Waals surface area (Å²) in [6.45, 7) is 11.8. The number of rotatable bonds is 5. The Morgan fingerprint density at radius 1 is 1.05 bits per heavy atom. The first-order chi connectivity index (χ1) is 9.99. The Morgan fingerprint density at radius 2 is 1.81 bits per heavy atom. The summed E-state index contributed by atoms with van der Waals surface area (Å²) in [5.41, 5.74) is 6.44. The smallest absolute Gasteiger partial charge is 0.0604 e. The molecule has 112 valence electrons. The number of aryl methyl sites for hydroxylation is 3. The first-order valence-corrected chi connectivity index (χ1v) is 7.70. The van der Waals surface area contributed by atoms with Gasteiger partial charge in [0.2, 0.25) is 0 Å². The van der Waals surface area contributed by atoms with E-state index >= 15 is 0 Å². The zero-order valence-electron chi connectivity index (χ0n) is 13.8. The fraction of sp³-hybridized carbons (Fsp3) is 0.421.